The fourth-order valence-corrected chi connectivity index (χ4v) is 3.53. The lowest BCUT2D eigenvalue weighted by atomic mass is 9.98. The smallest absolute Gasteiger partial charge is 0.227 e. The number of carbonyl (C=O) groups excluding carboxylic acids is 1. The molecule has 1 fully saturated rings. The van der Waals surface area contributed by atoms with Crippen LogP contribution in [0.15, 0.2) is 55.2 Å². The van der Waals surface area contributed by atoms with Gasteiger partial charge >= 0.3 is 0 Å². The van der Waals surface area contributed by atoms with Gasteiger partial charge in [0.25, 0.3) is 0 Å². The fraction of sp³-hybridized carbons (Fsp3) is 0.286. The van der Waals surface area contributed by atoms with Crippen molar-refractivity contribution < 1.29 is 9.18 Å². The van der Waals surface area contributed by atoms with Crippen LogP contribution in [0, 0.1) is 5.82 Å². The summed E-state index contributed by atoms with van der Waals surface area (Å²) in [5.74, 6) is 0.154. The molecule has 0 saturated carbocycles. The van der Waals surface area contributed by atoms with Gasteiger partial charge in [-0.15, -0.1) is 0 Å². The molecule has 8 heteroatoms. The number of amides is 1. The van der Waals surface area contributed by atoms with Crippen molar-refractivity contribution in [2.24, 2.45) is 0 Å². The maximum atomic E-state index is 13.1. The molecule has 3 aromatic rings. The van der Waals surface area contributed by atoms with Gasteiger partial charge in [0.1, 0.15) is 12.1 Å². The summed E-state index contributed by atoms with van der Waals surface area (Å²) in [4.78, 5) is 31.7. The molecule has 148 valence electrons. The topological polar surface area (TPSA) is 83.9 Å². The van der Waals surface area contributed by atoms with Gasteiger partial charge in [0.05, 0.1) is 36.2 Å². The van der Waals surface area contributed by atoms with E-state index in [2.05, 4.69) is 25.3 Å². The van der Waals surface area contributed by atoms with Gasteiger partial charge in [0, 0.05) is 12.7 Å². The summed E-state index contributed by atoms with van der Waals surface area (Å²) in [5, 5.41) is 3.09. The number of carbonyl (C=O) groups is 1. The van der Waals surface area contributed by atoms with Crippen LogP contribution in [-0.4, -0.2) is 37.3 Å². The highest BCUT2D eigenvalue weighted by Crippen LogP contribution is 2.31. The number of anilines is 2. The number of aromatic nitrogens is 4. The Morgan fingerprint density at radius 3 is 2.72 bits per heavy atom. The van der Waals surface area contributed by atoms with E-state index in [1.54, 1.807) is 30.7 Å². The summed E-state index contributed by atoms with van der Waals surface area (Å²) in [6, 6.07) is 7.81. The van der Waals surface area contributed by atoms with Crippen molar-refractivity contribution in [3.8, 4) is 0 Å². The summed E-state index contributed by atoms with van der Waals surface area (Å²) >= 11 is 0. The molecule has 0 aliphatic carbocycles. The fourth-order valence-electron chi connectivity index (χ4n) is 3.53. The van der Waals surface area contributed by atoms with Gasteiger partial charge in [-0.25, -0.2) is 24.3 Å². The lowest BCUT2D eigenvalue weighted by Gasteiger charge is -2.35. The number of rotatable bonds is 5. The van der Waals surface area contributed by atoms with E-state index in [0.717, 1.165) is 30.5 Å². The van der Waals surface area contributed by atoms with Crippen molar-refractivity contribution in [1.29, 1.82) is 0 Å². The minimum Gasteiger partial charge on any atom is -0.334 e. The number of piperidine rings is 1. The summed E-state index contributed by atoms with van der Waals surface area (Å²) in [6.07, 6.45) is 9.51. The van der Waals surface area contributed by atoms with Gasteiger partial charge in [-0.05, 0) is 43.0 Å². The molecule has 1 saturated heterocycles. The standard InChI is InChI=1S/C21H21FN6O/c22-16-6-4-15(5-7-16)11-20(29)28-10-2-1-3-19(28)18-8-9-25-21(27-18)26-17-12-23-14-24-13-17/h4-9,12-14,19H,1-3,10-11H2,(H,25,26,27)/t19-/m0/s1. The Bertz CT molecular complexity index is 966. The summed E-state index contributed by atoms with van der Waals surface area (Å²) in [5.41, 5.74) is 2.29. The first kappa shape index (κ1) is 18.9. The van der Waals surface area contributed by atoms with Crippen LogP contribution in [0.25, 0.3) is 0 Å². The predicted molar refractivity (Wildman–Crippen MR) is 106 cm³/mol. The SMILES string of the molecule is O=C(Cc1ccc(F)cc1)N1CCCC[C@H]1c1ccnc(Nc2cncnc2)n1. The Morgan fingerprint density at radius 1 is 1.14 bits per heavy atom. The molecule has 1 amide bonds. The minimum atomic E-state index is -0.304. The number of halogens is 1. The largest absolute Gasteiger partial charge is 0.334 e. The van der Waals surface area contributed by atoms with Gasteiger partial charge in [-0.1, -0.05) is 12.1 Å². The molecule has 0 unspecified atom stereocenters. The lowest BCUT2D eigenvalue weighted by Crippen LogP contribution is -2.39. The van der Waals surface area contributed by atoms with Crippen molar-refractivity contribution in [1.82, 2.24) is 24.8 Å². The van der Waals surface area contributed by atoms with Crippen molar-refractivity contribution in [3.05, 3.63) is 72.3 Å². The number of likely N-dealkylation sites (tertiary alicyclic amines) is 1. The van der Waals surface area contributed by atoms with Gasteiger partial charge in [0.15, 0.2) is 0 Å². The summed E-state index contributed by atoms with van der Waals surface area (Å²) < 4.78 is 13.1. The molecule has 0 bridgehead atoms. The maximum Gasteiger partial charge on any atom is 0.227 e. The van der Waals surface area contributed by atoms with Crippen LogP contribution in [0.2, 0.25) is 0 Å². The molecule has 3 heterocycles. The molecule has 4 rings (SSSR count). The predicted octanol–water partition coefficient (Wildman–Crippen LogP) is 3.45. The molecule has 7 nitrogen and oxygen atoms in total. The van der Waals surface area contributed by atoms with E-state index < -0.39 is 0 Å². The van der Waals surface area contributed by atoms with E-state index >= 15 is 0 Å². The van der Waals surface area contributed by atoms with E-state index in [-0.39, 0.29) is 24.2 Å². The average Bonchev–Trinajstić information content (AvgIpc) is 2.76. The Morgan fingerprint density at radius 2 is 1.93 bits per heavy atom. The third-order valence-electron chi connectivity index (χ3n) is 4.93. The third kappa shape index (κ3) is 4.71. The first-order valence-corrected chi connectivity index (χ1v) is 9.58. The van der Waals surface area contributed by atoms with Crippen LogP contribution < -0.4 is 5.32 Å². The summed E-state index contributed by atoms with van der Waals surface area (Å²) in [6.45, 7) is 0.685. The molecule has 2 aromatic heterocycles. The molecule has 1 aliphatic heterocycles. The zero-order valence-electron chi connectivity index (χ0n) is 15.8. The van der Waals surface area contributed by atoms with Gasteiger partial charge in [-0.2, -0.15) is 0 Å². The number of nitrogens with zero attached hydrogens (tertiary/aromatic N) is 5. The molecule has 0 radical (unpaired) electrons. The van der Waals surface area contributed by atoms with Crippen LogP contribution >= 0.6 is 0 Å². The molecule has 1 aromatic carbocycles. The number of nitrogens with one attached hydrogen (secondary N) is 1. The molecule has 1 N–H and O–H groups in total. The number of benzene rings is 1. The molecular weight excluding hydrogens is 371 g/mol. The first-order valence-electron chi connectivity index (χ1n) is 9.58. The monoisotopic (exact) mass is 392 g/mol. The van der Waals surface area contributed by atoms with Crippen LogP contribution in [0.1, 0.15) is 36.6 Å². The number of hydrogen-bond donors (Lipinski definition) is 1. The second-order valence-electron chi connectivity index (χ2n) is 6.96. The van der Waals surface area contributed by atoms with Crippen molar-refractivity contribution in [2.45, 2.75) is 31.7 Å². The van der Waals surface area contributed by atoms with Crippen LogP contribution in [0.5, 0.6) is 0 Å². The Balaban J connectivity index is 1.51. The number of hydrogen-bond acceptors (Lipinski definition) is 6. The van der Waals surface area contributed by atoms with E-state index in [4.69, 9.17) is 0 Å². The zero-order chi connectivity index (χ0) is 20.1. The third-order valence-corrected chi connectivity index (χ3v) is 4.93. The first-order chi connectivity index (χ1) is 14.2. The maximum absolute atomic E-state index is 13.1. The van der Waals surface area contributed by atoms with Crippen molar-refractivity contribution in [3.63, 3.8) is 0 Å². The van der Waals surface area contributed by atoms with Gasteiger partial charge < -0.3 is 10.2 Å². The van der Waals surface area contributed by atoms with E-state index in [0.29, 0.717) is 18.2 Å². The Hall–Kier alpha value is -3.42. The van der Waals surface area contributed by atoms with Crippen molar-refractivity contribution >= 4 is 17.5 Å². The second kappa shape index (κ2) is 8.72. The van der Waals surface area contributed by atoms with E-state index in [9.17, 15) is 9.18 Å². The second-order valence-corrected chi connectivity index (χ2v) is 6.96. The highest BCUT2D eigenvalue weighted by molar-refractivity contribution is 5.79. The minimum absolute atomic E-state index is 0.0193. The Labute approximate surface area is 168 Å². The Kier molecular flexibility index (Phi) is 5.69. The molecule has 0 spiro atoms. The lowest BCUT2D eigenvalue weighted by molar-refractivity contribution is -0.134. The van der Waals surface area contributed by atoms with Crippen LogP contribution in [0.4, 0.5) is 16.0 Å². The normalized spacial score (nSPS) is 16.4. The quantitative estimate of drug-likeness (QED) is 0.716. The van der Waals surface area contributed by atoms with Gasteiger partial charge in [-0.3, -0.25) is 4.79 Å². The van der Waals surface area contributed by atoms with Crippen LogP contribution in [0.3, 0.4) is 0 Å². The molecule has 1 aliphatic rings. The van der Waals surface area contributed by atoms with E-state index in [1.807, 2.05) is 11.0 Å². The van der Waals surface area contributed by atoms with Gasteiger partial charge in [0.2, 0.25) is 11.9 Å². The summed E-state index contributed by atoms with van der Waals surface area (Å²) in [7, 11) is 0. The van der Waals surface area contributed by atoms with Crippen LogP contribution in [-0.2, 0) is 11.2 Å². The average molecular weight is 392 g/mol. The molecule has 1 atom stereocenters. The highest BCUT2D eigenvalue weighted by atomic mass is 19.1. The zero-order valence-corrected chi connectivity index (χ0v) is 15.8. The van der Waals surface area contributed by atoms with E-state index in [1.165, 1.54) is 18.5 Å². The molecule has 29 heavy (non-hydrogen) atoms. The molecular formula is C21H21FN6O. The van der Waals surface area contributed by atoms with Crippen molar-refractivity contribution in [2.75, 3.05) is 11.9 Å². The highest BCUT2D eigenvalue weighted by Gasteiger charge is 2.29.